The van der Waals surface area contributed by atoms with E-state index in [4.69, 9.17) is 0 Å². The number of halogens is 4. The number of alkyl halides is 3. The molecule has 0 spiro atoms. The molecule has 24 heavy (non-hydrogen) atoms. The molecule has 138 valence electrons. The van der Waals surface area contributed by atoms with Gasteiger partial charge in [-0.2, -0.15) is 13.2 Å². The van der Waals surface area contributed by atoms with Crippen LogP contribution in [0.3, 0.4) is 0 Å². The molecule has 0 atom stereocenters. The van der Waals surface area contributed by atoms with Crippen LogP contribution in [0.15, 0.2) is 29.3 Å². The minimum Gasteiger partial charge on any atom is -0.355 e. The first-order chi connectivity index (χ1) is 10.7. The van der Waals surface area contributed by atoms with Crippen LogP contribution in [0.1, 0.15) is 25.0 Å². The molecule has 0 saturated carbocycles. The van der Waals surface area contributed by atoms with E-state index >= 15 is 0 Å². The lowest BCUT2D eigenvalue weighted by Gasteiger charge is -2.21. The van der Waals surface area contributed by atoms with Crippen LogP contribution in [0, 0.1) is 0 Å². The molecule has 2 N–H and O–H groups in total. The van der Waals surface area contributed by atoms with Gasteiger partial charge >= 0.3 is 6.18 Å². The summed E-state index contributed by atoms with van der Waals surface area (Å²) in [5.41, 5.74) is -0.0830. The van der Waals surface area contributed by atoms with Gasteiger partial charge < -0.3 is 15.5 Å². The summed E-state index contributed by atoms with van der Waals surface area (Å²) >= 11 is 0. The largest absolute Gasteiger partial charge is 0.416 e. The molecule has 0 unspecified atom stereocenters. The molecule has 0 saturated heterocycles. The van der Waals surface area contributed by atoms with E-state index in [1.807, 2.05) is 7.05 Å². The summed E-state index contributed by atoms with van der Waals surface area (Å²) in [6.45, 7) is 6.06. The highest BCUT2D eigenvalue weighted by atomic mass is 127. The van der Waals surface area contributed by atoms with E-state index in [0.29, 0.717) is 24.1 Å². The third kappa shape index (κ3) is 8.18. The zero-order valence-electron chi connectivity index (χ0n) is 14.4. The summed E-state index contributed by atoms with van der Waals surface area (Å²) in [6.07, 6.45) is -4.32. The van der Waals surface area contributed by atoms with E-state index in [0.717, 1.165) is 18.7 Å². The van der Waals surface area contributed by atoms with Crippen LogP contribution < -0.4 is 10.6 Å². The van der Waals surface area contributed by atoms with Crippen molar-refractivity contribution in [3.8, 4) is 0 Å². The highest BCUT2D eigenvalue weighted by Gasteiger charge is 2.30. The SMILES string of the molecule is CN=C(NCCN(C)C(C)C)NCc1cccc(C(F)(F)F)c1.I. The van der Waals surface area contributed by atoms with Crippen molar-refractivity contribution in [2.75, 3.05) is 27.2 Å². The third-order valence-electron chi connectivity index (χ3n) is 3.58. The number of benzene rings is 1. The van der Waals surface area contributed by atoms with E-state index in [1.54, 1.807) is 13.1 Å². The molecule has 0 fully saturated rings. The van der Waals surface area contributed by atoms with Gasteiger partial charge in [-0.1, -0.05) is 12.1 Å². The van der Waals surface area contributed by atoms with E-state index in [9.17, 15) is 13.2 Å². The van der Waals surface area contributed by atoms with Crippen molar-refractivity contribution in [2.45, 2.75) is 32.6 Å². The molecular weight excluding hydrogens is 432 g/mol. The minimum atomic E-state index is -4.32. The maximum absolute atomic E-state index is 12.7. The van der Waals surface area contributed by atoms with Crippen LogP contribution in [0.5, 0.6) is 0 Å². The summed E-state index contributed by atoms with van der Waals surface area (Å²) in [6, 6.07) is 5.73. The lowest BCUT2D eigenvalue weighted by atomic mass is 10.1. The highest BCUT2D eigenvalue weighted by Crippen LogP contribution is 2.29. The van der Waals surface area contributed by atoms with Crippen LogP contribution in [0.2, 0.25) is 0 Å². The number of rotatable bonds is 6. The van der Waals surface area contributed by atoms with E-state index in [-0.39, 0.29) is 30.5 Å². The van der Waals surface area contributed by atoms with Crippen LogP contribution >= 0.6 is 24.0 Å². The first-order valence-corrected chi connectivity index (χ1v) is 7.55. The molecule has 0 bridgehead atoms. The topological polar surface area (TPSA) is 39.7 Å². The average molecular weight is 458 g/mol. The summed E-state index contributed by atoms with van der Waals surface area (Å²) in [4.78, 5) is 6.26. The number of hydrogen-bond acceptors (Lipinski definition) is 2. The molecule has 1 aromatic carbocycles. The molecule has 0 radical (unpaired) electrons. The second-order valence-corrected chi connectivity index (χ2v) is 5.63. The fourth-order valence-electron chi connectivity index (χ4n) is 1.87. The molecule has 0 aliphatic rings. The van der Waals surface area contributed by atoms with E-state index in [2.05, 4.69) is 34.4 Å². The van der Waals surface area contributed by atoms with Gasteiger partial charge in [0.1, 0.15) is 0 Å². The zero-order valence-corrected chi connectivity index (χ0v) is 16.8. The highest BCUT2D eigenvalue weighted by molar-refractivity contribution is 14.0. The molecule has 0 aromatic heterocycles. The van der Waals surface area contributed by atoms with Crippen molar-refractivity contribution in [1.82, 2.24) is 15.5 Å². The lowest BCUT2D eigenvalue weighted by molar-refractivity contribution is -0.137. The second-order valence-electron chi connectivity index (χ2n) is 5.63. The van der Waals surface area contributed by atoms with E-state index < -0.39 is 11.7 Å². The van der Waals surface area contributed by atoms with Crippen LogP contribution in [0.25, 0.3) is 0 Å². The average Bonchev–Trinajstić information content (AvgIpc) is 2.49. The van der Waals surface area contributed by atoms with Gasteiger partial charge in [-0.3, -0.25) is 4.99 Å². The maximum Gasteiger partial charge on any atom is 0.416 e. The first-order valence-electron chi connectivity index (χ1n) is 7.55. The molecule has 8 heteroatoms. The summed E-state index contributed by atoms with van der Waals surface area (Å²) in [7, 11) is 3.67. The van der Waals surface area contributed by atoms with Gasteiger partial charge in [-0.25, -0.2) is 0 Å². The quantitative estimate of drug-likeness (QED) is 0.391. The number of nitrogens with zero attached hydrogens (tertiary/aromatic N) is 2. The number of nitrogens with one attached hydrogen (secondary N) is 2. The fourth-order valence-corrected chi connectivity index (χ4v) is 1.87. The second kappa shape index (κ2) is 10.8. The van der Waals surface area contributed by atoms with Crippen molar-refractivity contribution < 1.29 is 13.2 Å². The molecule has 0 aliphatic carbocycles. The Morgan fingerprint density at radius 2 is 1.92 bits per heavy atom. The fraction of sp³-hybridized carbons (Fsp3) is 0.562. The van der Waals surface area contributed by atoms with Gasteiger partial charge in [0, 0.05) is 32.7 Å². The Morgan fingerprint density at radius 3 is 2.46 bits per heavy atom. The molecule has 1 aromatic rings. The molecule has 0 amide bonds. The first kappa shape index (κ1) is 23.0. The third-order valence-corrected chi connectivity index (χ3v) is 3.58. The Labute approximate surface area is 158 Å². The summed E-state index contributed by atoms with van der Waals surface area (Å²) in [5, 5.41) is 6.17. The van der Waals surface area contributed by atoms with Gasteiger partial charge in [0.2, 0.25) is 0 Å². The van der Waals surface area contributed by atoms with Gasteiger partial charge in [0.05, 0.1) is 5.56 Å². The van der Waals surface area contributed by atoms with Crippen molar-refractivity contribution in [2.24, 2.45) is 4.99 Å². The van der Waals surface area contributed by atoms with Crippen molar-refractivity contribution >= 4 is 29.9 Å². The maximum atomic E-state index is 12.7. The van der Waals surface area contributed by atoms with Gasteiger partial charge in [0.15, 0.2) is 5.96 Å². The molecule has 4 nitrogen and oxygen atoms in total. The predicted octanol–water partition coefficient (Wildman–Crippen LogP) is 3.33. The number of likely N-dealkylation sites (N-methyl/N-ethyl adjacent to an activating group) is 1. The predicted molar refractivity (Wildman–Crippen MR) is 103 cm³/mol. The Hall–Kier alpha value is -1.03. The normalized spacial score (nSPS) is 12.3. The molecule has 0 aliphatic heterocycles. The smallest absolute Gasteiger partial charge is 0.355 e. The summed E-state index contributed by atoms with van der Waals surface area (Å²) in [5.74, 6) is 0.569. The van der Waals surface area contributed by atoms with Crippen LogP contribution in [-0.2, 0) is 12.7 Å². The minimum absolute atomic E-state index is 0. The van der Waals surface area contributed by atoms with Gasteiger partial charge in [-0.15, -0.1) is 24.0 Å². The van der Waals surface area contributed by atoms with Crippen LogP contribution in [0.4, 0.5) is 13.2 Å². The number of aliphatic imine (C=N–C) groups is 1. The van der Waals surface area contributed by atoms with Crippen molar-refractivity contribution in [3.63, 3.8) is 0 Å². The Balaban J connectivity index is 0.00000529. The van der Waals surface area contributed by atoms with E-state index in [1.165, 1.54) is 6.07 Å². The van der Waals surface area contributed by atoms with Crippen LogP contribution in [-0.4, -0.2) is 44.1 Å². The standard InChI is InChI=1S/C16H25F3N4.HI/c1-12(2)23(4)9-8-21-15(20-3)22-11-13-6-5-7-14(10-13)16(17,18)19;/h5-7,10,12H,8-9,11H2,1-4H3,(H2,20,21,22);1H. The molecule has 1 rings (SSSR count). The lowest BCUT2D eigenvalue weighted by Crippen LogP contribution is -2.41. The molecular formula is C16H26F3IN4. The van der Waals surface area contributed by atoms with Gasteiger partial charge in [0.25, 0.3) is 0 Å². The zero-order chi connectivity index (χ0) is 17.5. The number of hydrogen-bond donors (Lipinski definition) is 2. The van der Waals surface area contributed by atoms with Gasteiger partial charge in [-0.05, 0) is 38.6 Å². The summed E-state index contributed by atoms with van der Waals surface area (Å²) < 4.78 is 38.0. The monoisotopic (exact) mass is 458 g/mol. The van der Waals surface area contributed by atoms with Crippen molar-refractivity contribution in [1.29, 1.82) is 0 Å². The Kier molecular flexibility index (Phi) is 10.3. The number of guanidine groups is 1. The Morgan fingerprint density at radius 1 is 1.25 bits per heavy atom. The Bertz CT molecular complexity index is 518. The van der Waals surface area contributed by atoms with Crippen molar-refractivity contribution in [3.05, 3.63) is 35.4 Å². The molecule has 0 heterocycles.